The Morgan fingerprint density at radius 3 is 2.86 bits per heavy atom. The molecule has 3 rings (SSSR count). The van der Waals surface area contributed by atoms with Crippen LogP contribution in [0.5, 0.6) is 0 Å². The van der Waals surface area contributed by atoms with E-state index in [1.54, 1.807) is 0 Å². The number of hydrogen-bond donors (Lipinski definition) is 2. The minimum Gasteiger partial charge on any atom is -0.379 e. The second kappa shape index (κ2) is 8.39. The van der Waals surface area contributed by atoms with Crippen molar-refractivity contribution in [1.29, 1.82) is 5.26 Å². The monoisotopic (exact) mass is 445 g/mol. The molecular weight excluding hydrogens is 425 g/mol. The largest absolute Gasteiger partial charge is 0.379 e. The van der Waals surface area contributed by atoms with Gasteiger partial charge in [0, 0.05) is 35.4 Å². The summed E-state index contributed by atoms with van der Waals surface area (Å²) in [6, 6.07) is 12.5. The number of fused-ring (bicyclic) bond motifs is 1. The molecule has 146 valence electrons. The number of halogens is 2. The summed E-state index contributed by atoms with van der Waals surface area (Å²) in [6.45, 7) is 2.26. The van der Waals surface area contributed by atoms with E-state index < -0.39 is 18.2 Å². The van der Waals surface area contributed by atoms with E-state index in [1.807, 2.05) is 17.0 Å². The average Bonchev–Trinajstić information content (AvgIpc) is 2.67. The van der Waals surface area contributed by atoms with E-state index in [1.165, 1.54) is 36.2 Å². The van der Waals surface area contributed by atoms with Gasteiger partial charge in [-0.25, -0.2) is 4.39 Å². The number of β-amino-alcohol motifs (C(OH)–C–C–N with tert-alkyl or cyclic N) is 1. The van der Waals surface area contributed by atoms with Crippen LogP contribution in [-0.2, 0) is 24.4 Å². The van der Waals surface area contributed by atoms with Crippen molar-refractivity contribution in [3.05, 3.63) is 63.1 Å². The first kappa shape index (κ1) is 20.5. The molecule has 1 heterocycles. The second-order valence-electron chi connectivity index (χ2n) is 7.22. The number of carbonyl (C=O) groups is 1. The molecule has 5 nitrogen and oxygen atoms in total. The Labute approximate surface area is 171 Å². The molecule has 2 aromatic carbocycles. The van der Waals surface area contributed by atoms with Gasteiger partial charge in [-0.2, -0.15) is 5.26 Å². The maximum atomic E-state index is 13.1. The van der Waals surface area contributed by atoms with Gasteiger partial charge in [-0.3, -0.25) is 9.69 Å². The highest BCUT2D eigenvalue weighted by Crippen LogP contribution is 2.24. The first-order valence-corrected chi connectivity index (χ1v) is 9.74. The minimum atomic E-state index is -1.61. The fourth-order valence-corrected chi connectivity index (χ4v) is 3.79. The topological polar surface area (TPSA) is 76.4 Å². The molecular formula is C21H21BrFN3O2. The number of nitriles is 1. The van der Waals surface area contributed by atoms with Crippen molar-refractivity contribution in [2.75, 3.05) is 18.4 Å². The molecule has 1 aliphatic rings. The molecule has 0 aromatic heterocycles. The van der Waals surface area contributed by atoms with E-state index in [0.717, 1.165) is 17.4 Å². The van der Waals surface area contributed by atoms with Crippen LogP contribution in [0, 0.1) is 11.3 Å². The van der Waals surface area contributed by atoms with Crippen LogP contribution in [0.2, 0.25) is 0 Å². The first-order chi connectivity index (χ1) is 13.3. The lowest BCUT2D eigenvalue weighted by atomic mass is 9.97. The fraction of sp³-hybridized carbons (Fsp3) is 0.333. The van der Waals surface area contributed by atoms with E-state index in [9.17, 15) is 14.3 Å². The Morgan fingerprint density at radius 2 is 2.14 bits per heavy atom. The van der Waals surface area contributed by atoms with Crippen LogP contribution >= 0.6 is 15.9 Å². The third kappa shape index (κ3) is 4.58. The van der Waals surface area contributed by atoms with Crippen molar-refractivity contribution in [3.63, 3.8) is 0 Å². The third-order valence-corrected chi connectivity index (χ3v) is 5.40. The minimum absolute atomic E-state index is 0.181. The molecule has 2 aromatic rings. The number of anilines is 1. The predicted molar refractivity (Wildman–Crippen MR) is 108 cm³/mol. The lowest BCUT2D eigenvalue weighted by Gasteiger charge is -2.34. The number of amides is 1. The van der Waals surface area contributed by atoms with Gasteiger partial charge in [-0.05, 0) is 54.8 Å². The molecule has 0 saturated carbocycles. The van der Waals surface area contributed by atoms with Crippen LogP contribution in [0.3, 0.4) is 0 Å². The number of rotatable bonds is 5. The first-order valence-electron chi connectivity index (χ1n) is 8.95. The standard InChI is InChI=1S/C21H21BrFN3O2/c1-21(28,13-26-7-6-14-8-18(22)4-2-16(14)12-26)20(27)25-19-5-3-15(11-24)17(9-19)10-23/h2-5,8-9,28H,6-7,10,12-13H2,1H3,(H,25,27)/t21-/m0/s1. The summed E-state index contributed by atoms with van der Waals surface area (Å²) in [4.78, 5) is 14.6. The van der Waals surface area contributed by atoms with E-state index in [-0.39, 0.29) is 17.7 Å². The van der Waals surface area contributed by atoms with E-state index >= 15 is 0 Å². The zero-order valence-corrected chi connectivity index (χ0v) is 17.1. The van der Waals surface area contributed by atoms with Gasteiger partial charge in [0.15, 0.2) is 5.60 Å². The van der Waals surface area contributed by atoms with Crippen molar-refractivity contribution in [2.24, 2.45) is 0 Å². The molecule has 0 fully saturated rings. The molecule has 1 amide bonds. The molecule has 0 spiro atoms. The molecule has 2 N–H and O–H groups in total. The van der Waals surface area contributed by atoms with E-state index in [2.05, 4.69) is 33.4 Å². The second-order valence-corrected chi connectivity index (χ2v) is 8.13. The molecule has 28 heavy (non-hydrogen) atoms. The number of carbonyl (C=O) groups excluding carboxylic acids is 1. The molecule has 0 radical (unpaired) electrons. The molecule has 1 atom stereocenters. The lowest BCUT2D eigenvalue weighted by Crippen LogP contribution is -2.50. The van der Waals surface area contributed by atoms with Crippen molar-refractivity contribution < 1.29 is 14.3 Å². The van der Waals surface area contributed by atoms with Gasteiger partial charge >= 0.3 is 0 Å². The zero-order chi connectivity index (χ0) is 20.3. The maximum absolute atomic E-state index is 13.1. The van der Waals surface area contributed by atoms with E-state index in [4.69, 9.17) is 5.26 Å². The lowest BCUT2D eigenvalue weighted by molar-refractivity contribution is -0.134. The van der Waals surface area contributed by atoms with Gasteiger partial charge in [0.05, 0.1) is 11.6 Å². The van der Waals surface area contributed by atoms with E-state index in [0.29, 0.717) is 12.2 Å². The molecule has 7 heteroatoms. The number of nitrogens with one attached hydrogen (secondary N) is 1. The highest BCUT2D eigenvalue weighted by atomic mass is 79.9. The highest BCUT2D eigenvalue weighted by molar-refractivity contribution is 9.10. The molecule has 0 aliphatic carbocycles. The summed E-state index contributed by atoms with van der Waals surface area (Å²) in [5, 5.41) is 22.3. The summed E-state index contributed by atoms with van der Waals surface area (Å²) >= 11 is 3.48. The van der Waals surface area contributed by atoms with Crippen LogP contribution in [0.1, 0.15) is 29.2 Å². The Bertz CT molecular complexity index is 940. The Morgan fingerprint density at radius 1 is 1.36 bits per heavy atom. The Balaban J connectivity index is 1.67. The maximum Gasteiger partial charge on any atom is 0.257 e. The smallest absolute Gasteiger partial charge is 0.257 e. The molecule has 1 aliphatic heterocycles. The third-order valence-electron chi connectivity index (χ3n) is 4.91. The van der Waals surface area contributed by atoms with Gasteiger partial charge in [-0.1, -0.05) is 22.0 Å². The zero-order valence-electron chi connectivity index (χ0n) is 15.5. The van der Waals surface area contributed by atoms with Gasteiger partial charge in [0.2, 0.25) is 0 Å². The van der Waals surface area contributed by atoms with Crippen LogP contribution in [0.15, 0.2) is 40.9 Å². The van der Waals surface area contributed by atoms with Crippen molar-refractivity contribution in [1.82, 2.24) is 4.90 Å². The molecule has 0 bridgehead atoms. The van der Waals surface area contributed by atoms with Gasteiger partial charge in [-0.15, -0.1) is 0 Å². The molecule has 0 saturated heterocycles. The molecule has 0 unspecified atom stereocenters. The fourth-order valence-electron chi connectivity index (χ4n) is 3.38. The Hall–Kier alpha value is -2.27. The van der Waals surface area contributed by atoms with Crippen LogP contribution in [0.4, 0.5) is 10.1 Å². The highest BCUT2D eigenvalue weighted by Gasteiger charge is 2.33. The summed E-state index contributed by atoms with van der Waals surface area (Å²) in [6.07, 6.45) is 0.849. The van der Waals surface area contributed by atoms with Crippen LogP contribution < -0.4 is 5.32 Å². The normalized spacial score (nSPS) is 16.0. The summed E-state index contributed by atoms with van der Waals surface area (Å²) < 4.78 is 14.1. The summed E-state index contributed by atoms with van der Waals surface area (Å²) in [5.74, 6) is -0.566. The van der Waals surface area contributed by atoms with Crippen molar-refractivity contribution in [2.45, 2.75) is 32.2 Å². The quantitative estimate of drug-likeness (QED) is 0.737. The summed E-state index contributed by atoms with van der Waals surface area (Å²) in [7, 11) is 0. The van der Waals surface area contributed by atoms with Gasteiger partial charge in [0.1, 0.15) is 6.67 Å². The van der Waals surface area contributed by atoms with Gasteiger partial charge < -0.3 is 10.4 Å². The average molecular weight is 446 g/mol. The number of alkyl halides is 1. The van der Waals surface area contributed by atoms with Crippen molar-refractivity contribution in [3.8, 4) is 6.07 Å². The SMILES string of the molecule is C[C@](O)(CN1CCc2cc(Br)ccc2C1)C(=O)Nc1ccc(C#N)c(CF)c1. The number of aliphatic hydroxyl groups is 1. The van der Waals surface area contributed by atoms with Crippen LogP contribution in [-0.4, -0.2) is 34.6 Å². The van der Waals surface area contributed by atoms with Crippen LogP contribution in [0.25, 0.3) is 0 Å². The van der Waals surface area contributed by atoms with Gasteiger partial charge in [0.25, 0.3) is 5.91 Å². The summed E-state index contributed by atoms with van der Waals surface area (Å²) in [5.41, 5.74) is 1.63. The number of nitrogens with zero attached hydrogens (tertiary/aromatic N) is 2. The Kier molecular flexibility index (Phi) is 6.14. The predicted octanol–water partition coefficient (Wildman–Crippen LogP) is 3.54. The number of hydrogen-bond acceptors (Lipinski definition) is 4. The van der Waals surface area contributed by atoms with Crippen molar-refractivity contribution >= 4 is 27.5 Å². The number of benzene rings is 2.